The van der Waals surface area contributed by atoms with E-state index in [4.69, 9.17) is 0 Å². The van der Waals surface area contributed by atoms with Crippen LogP contribution < -0.4 is 5.32 Å². The van der Waals surface area contributed by atoms with Crippen molar-refractivity contribution in [2.45, 2.75) is 26.3 Å². The summed E-state index contributed by atoms with van der Waals surface area (Å²) in [5.41, 5.74) is 7.16. The Morgan fingerprint density at radius 2 is 1.94 bits per heavy atom. The molecule has 0 saturated heterocycles. The van der Waals surface area contributed by atoms with Crippen molar-refractivity contribution in [3.8, 4) is 11.1 Å². The van der Waals surface area contributed by atoms with Crippen LogP contribution in [0.15, 0.2) is 42.5 Å². The van der Waals surface area contributed by atoms with Gasteiger partial charge in [0.05, 0.1) is 0 Å². The average Bonchev–Trinajstić information content (AvgIpc) is 2.46. The molecule has 1 heterocycles. The van der Waals surface area contributed by atoms with Crippen molar-refractivity contribution >= 4 is 0 Å². The lowest BCUT2D eigenvalue weighted by Gasteiger charge is -2.18. The number of hydrogen-bond acceptors (Lipinski definition) is 1. The number of aryl methyl sites for hydroxylation is 1. The van der Waals surface area contributed by atoms with Crippen molar-refractivity contribution in [3.05, 3.63) is 59.2 Å². The van der Waals surface area contributed by atoms with Gasteiger partial charge in [-0.25, -0.2) is 0 Å². The van der Waals surface area contributed by atoms with E-state index in [2.05, 4.69) is 54.7 Å². The third kappa shape index (κ3) is 2.06. The molecule has 1 nitrogen and oxygen atoms in total. The van der Waals surface area contributed by atoms with Crippen molar-refractivity contribution in [1.82, 2.24) is 5.32 Å². The van der Waals surface area contributed by atoms with Gasteiger partial charge in [0.2, 0.25) is 0 Å². The van der Waals surface area contributed by atoms with Crippen LogP contribution in [0, 0.1) is 0 Å². The summed E-state index contributed by atoms with van der Waals surface area (Å²) in [7, 11) is 0. The number of fused-ring (bicyclic) bond motifs is 1. The van der Waals surface area contributed by atoms with E-state index in [1.165, 1.54) is 27.8 Å². The molecule has 0 saturated carbocycles. The molecule has 3 rings (SSSR count). The van der Waals surface area contributed by atoms with Crippen molar-refractivity contribution in [1.29, 1.82) is 0 Å². The highest BCUT2D eigenvalue weighted by molar-refractivity contribution is 5.68. The Morgan fingerprint density at radius 1 is 1.06 bits per heavy atom. The molecular weight excluding hydrogens is 218 g/mol. The second kappa shape index (κ2) is 4.95. The minimum atomic E-state index is 1.02. The molecule has 2 aromatic carbocycles. The molecule has 0 aromatic heterocycles. The minimum absolute atomic E-state index is 1.02. The Kier molecular flexibility index (Phi) is 3.16. The van der Waals surface area contributed by atoms with E-state index in [1.54, 1.807) is 0 Å². The number of hydrogen-bond donors (Lipinski definition) is 1. The molecule has 0 bridgehead atoms. The molecule has 0 atom stereocenters. The molecule has 1 N–H and O–H groups in total. The van der Waals surface area contributed by atoms with Crippen molar-refractivity contribution in [3.63, 3.8) is 0 Å². The van der Waals surface area contributed by atoms with E-state index >= 15 is 0 Å². The predicted octanol–water partition coefficient (Wildman–Crippen LogP) is 3.56. The third-order valence-electron chi connectivity index (χ3n) is 3.80. The van der Waals surface area contributed by atoms with Crippen LogP contribution in [0.5, 0.6) is 0 Å². The van der Waals surface area contributed by atoms with E-state index < -0.39 is 0 Å². The minimum Gasteiger partial charge on any atom is -0.312 e. The Labute approximate surface area is 109 Å². The van der Waals surface area contributed by atoms with E-state index in [0.717, 1.165) is 25.9 Å². The number of rotatable bonds is 2. The van der Waals surface area contributed by atoms with Gasteiger partial charge in [-0.3, -0.25) is 0 Å². The van der Waals surface area contributed by atoms with Crippen LogP contribution >= 0.6 is 0 Å². The van der Waals surface area contributed by atoms with E-state index in [9.17, 15) is 0 Å². The molecule has 1 aliphatic heterocycles. The molecule has 0 unspecified atom stereocenters. The maximum absolute atomic E-state index is 3.42. The van der Waals surface area contributed by atoms with Gasteiger partial charge < -0.3 is 5.32 Å². The monoisotopic (exact) mass is 237 g/mol. The van der Waals surface area contributed by atoms with Gasteiger partial charge in [0.1, 0.15) is 0 Å². The van der Waals surface area contributed by atoms with E-state index in [0.29, 0.717) is 0 Å². The van der Waals surface area contributed by atoms with Crippen LogP contribution in [0.4, 0.5) is 0 Å². The first kappa shape index (κ1) is 11.5. The molecular formula is C17H19N. The second-order valence-electron chi connectivity index (χ2n) is 4.92. The van der Waals surface area contributed by atoms with Crippen LogP contribution in [-0.4, -0.2) is 6.54 Å². The van der Waals surface area contributed by atoms with Crippen molar-refractivity contribution < 1.29 is 0 Å². The third-order valence-corrected chi connectivity index (χ3v) is 3.80. The summed E-state index contributed by atoms with van der Waals surface area (Å²) in [6.07, 6.45) is 2.24. The summed E-state index contributed by atoms with van der Waals surface area (Å²) >= 11 is 0. The quantitative estimate of drug-likeness (QED) is 0.842. The van der Waals surface area contributed by atoms with Crippen LogP contribution in [0.3, 0.4) is 0 Å². The normalized spacial score (nSPS) is 14.3. The van der Waals surface area contributed by atoms with Gasteiger partial charge in [0.25, 0.3) is 0 Å². The summed E-state index contributed by atoms with van der Waals surface area (Å²) in [6, 6.07) is 15.7. The van der Waals surface area contributed by atoms with Gasteiger partial charge in [-0.05, 0) is 47.2 Å². The Hall–Kier alpha value is -1.60. The van der Waals surface area contributed by atoms with Crippen molar-refractivity contribution in [2.75, 3.05) is 6.54 Å². The maximum atomic E-state index is 3.42. The highest BCUT2D eigenvalue weighted by Gasteiger charge is 2.10. The van der Waals surface area contributed by atoms with Gasteiger partial charge in [-0.15, -0.1) is 0 Å². The van der Waals surface area contributed by atoms with Crippen molar-refractivity contribution in [2.24, 2.45) is 0 Å². The molecule has 0 fully saturated rings. The fourth-order valence-corrected chi connectivity index (χ4v) is 2.75. The Bertz CT molecular complexity index is 557. The zero-order valence-corrected chi connectivity index (χ0v) is 10.9. The lowest BCUT2D eigenvalue weighted by Crippen LogP contribution is -2.23. The number of benzene rings is 2. The van der Waals surface area contributed by atoms with Crippen LogP contribution in [0.2, 0.25) is 0 Å². The lowest BCUT2D eigenvalue weighted by molar-refractivity contribution is 0.644. The number of nitrogens with one attached hydrogen (secondary N) is 1. The fourth-order valence-electron chi connectivity index (χ4n) is 2.75. The molecule has 2 aromatic rings. The smallest absolute Gasteiger partial charge is 0.0208 e. The van der Waals surface area contributed by atoms with Crippen LogP contribution in [0.1, 0.15) is 23.6 Å². The molecule has 0 radical (unpaired) electrons. The summed E-state index contributed by atoms with van der Waals surface area (Å²) in [4.78, 5) is 0. The van der Waals surface area contributed by atoms with Gasteiger partial charge in [0, 0.05) is 6.54 Å². The highest BCUT2D eigenvalue weighted by atomic mass is 14.9. The first-order valence-electron chi connectivity index (χ1n) is 6.79. The zero-order valence-electron chi connectivity index (χ0n) is 10.9. The van der Waals surface area contributed by atoms with E-state index in [1.807, 2.05) is 0 Å². The molecule has 92 valence electrons. The van der Waals surface area contributed by atoms with Gasteiger partial charge in [-0.2, -0.15) is 0 Å². The first-order valence-corrected chi connectivity index (χ1v) is 6.79. The molecule has 0 spiro atoms. The lowest BCUT2D eigenvalue weighted by atomic mass is 9.92. The average molecular weight is 237 g/mol. The van der Waals surface area contributed by atoms with Crippen LogP contribution in [-0.2, 0) is 19.4 Å². The molecule has 1 aliphatic rings. The Balaban J connectivity index is 2.06. The Morgan fingerprint density at radius 3 is 2.83 bits per heavy atom. The highest BCUT2D eigenvalue weighted by Crippen LogP contribution is 2.27. The van der Waals surface area contributed by atoms with Crippen LogP contribution in [0.25, 0.3) is 11.1 Å². The van der Waals surface area contributed by atoms with Gasteiger partial charge in [-0.1, -0.05) is 49.4 Å². The summed E-state index contributed by atoms with van der Waals surface area (Å²) < 4.78 is 0. The van der Waals surface area contributed by atoms with Gasteiger partial charge >= 0.3 is 0 Å². The molecule has 0 amide bonds. The molecule has 18 heavy (non-hydrogen) atoms. The first-order chi connectivity index (χ1) is 8.88. The molecule has 0 aliphatic carbocycles. The largest absolute Gasteiger partial charge is 0.312 e. The van der Waals surface area contributed by atoms with Gasteiger partial charge in [0.15, 0.2) is 0 Å². The molecule has 1 heteroatoms. The summed E-state index contributed by atoms with van der Waals surface area (Å²) in [6.45, 7) is 4.35. The van der Waals surface area contributed by atoms with E-state index in [-0.39, 0.29) is 0 Å². The summed E-state index contributed by atoms with van der Waals surface area (Å²) in [5, 5.41) is 3.42. The maximum Gasteiger partial charge on any atom is 0.0208 e. The standard InChI is InChI=1S/C17H19N/c1-2-13-5-3-4-6-17(13)15-7-8-16-12-18-10-9-14(16)11-15/h3-8,11,18H,2,9-10,12H2,1H3. The summed E-state index contributed by atoms with van der Waals surface area (Å²) in [5.74, 6) is 0. The second-order valence-corrected chi connectivity index (χ2v) is 4.92. The SMILES string of the molecule is CCc1ccccc1-c1ccc2c(c1)CCNC2. The topological polar surface area (TPSA) is 12.0 Å². The predicted molar refractivity (Wildman–Crippen MR) is 76.7 cm³/mol. The zero-order chi connectivity index (χ0) is 12.4. The fraction of sp³-hybridized carbons (Fsp3) is 0.294.